The van der Waals surface area contributed by atoms with Gasteiger partial charge in [-0.25, -0.2) is 9.59 Å². The van der Waals surface area contributed by atoms with Crippen LogP contribution in [0.15, 0.2) is 29.4 Å². The number of rotatable bonds is 2. The minimum atomic E-state index is -1.45. The normalized spacial score (nSPS) is 10.9. The van der Waals surface area contributed by atoms with Gasteiger partial charge in [-0.2, -0.15) is 0 Å². The Morgan fingerprint density at radius 3 is 2.69 bits per heavy atom. The Morgan fingerprint density at radius 1 is 1.44 bits per heavy atom. The van der Waals surface area contributed by atoms with Crippen molar-refractivity contribution < 1.29 is 19.5 Å². The number of nitrogens with zero attached hydrogens (tertiary/aromatic N) is 1. The van der Waals surface area contributed by atoms with Gasteiger partial charge in [0.05, 0.1) is 5.56 Å². The van der Waals surface area contributed by atoms with Crippen molar-refractivity contribution in [3.8, 4) is 0 Å². The van der Waals surface area contributed by atoms with Crippen LogP contribution in [0.25, 0.3) is 0 Å². The van der Waals surface area contributed by atoms with Crippen LogP contribution in [0, 0.1) is 6.92 Å². The van der Waals surface area contributed by atoms with E-state index in [0.29, 0.717) is 0 Å². The van der Waals surface area contributed by atoms with Crippen molar-refractivity contribution in [1.82, 2.24) is 0 Å². The van der Waals surface area contributed by atoms with Crippen molar-refractivity contribution in [2.24, 2.45) is 10.9 Å². The van der Waals surface area contributed by atoms with Gasteiger partial charge in [0.1, 0.15) is 0 Å². The molecule has 0 atom stereocenters. The van der Waals surface area contributed by atoms with E-state index < -0.39 is 17.8 Å². The van der Waals surface area contributed by atoms with Crippen molar-refractivity contribution in [3.63, 3.8) is 0 Å². The summed E-state index contributed by atoms with van der Waals surface area (Å²) in [6.45, 7) is 1.81. The highest BCUT2D eigenvalue weighted by Gasteiger charge is 2.09. The van der Waals surface area contributed by atoms with Crippen molar-refractivity contribution in [3.05, 3.63) is 35.4 Å². The van der Waals surface area contributed by atoms with Gasteiger partial charge >= 0.3 is 11.9 Å². The predicted molar refractivity (Wildman–Crippen MR) is 55.9 cm³/mol. The molecule has 0 aliphatic rings. The van der Waals surface area contributed by atoms with E-state index in [4.69, 9.17) is 10.8 Å². The third-order valence-corrected chi connectivity index (χ3v) is 1.70. The van der Waals surface area contributed by atoms with Crippen molar-refractivity contribution in [2.75, 3.05) is 0 Å². The van der Waals surface area contributed by atoms with Crippen LogP contribution in [0.2, 0.25) is 0 Å². The molecule has 84 valence electrons. The maximum Gasteiger partial charge on any atom is 0.374 e. The molecule has 6 heteroatoms. The van der Waals surface area contributed by atoms with Crippen molar-refractivity contribution in [1.29, 1.82) is 0 Å². The smallest absolute Gasteiger partial charge is 0.374 e. The number of aliphatic carboxylic acids is 1. The molecule has 0 aliphatic carbocycles. The Kier molecular flexibility index (Phi) is 3.60. The van der Waals surface area contributed by atoms with Gasteiger partial charge < -0.3 is 15.7 Å². The molecule has 1 aromatic rings. The summed E-state index contributed by atoms with van der Waals surface area (Å²) in [5, 5.41) is 11.3. The Bertz CT molecular complexity index is 454. The van der Waals surface area contributed by atoms with Gasteiger partial charge in [-0.15, -0.1) is 0 Å². The average Bonchev–Trinajstić information content (AvgIpc) is 2.25. The summed E-state index contributed by atoms with van der Waals surface area (Å²) in [6, 6.07) is 6.61. The Labute approximate surface area is 91.3 Å². The standard InChI is InChI=1S/C10H10N2O4/c1-6-3-2-4-7(5-6)10(15)16-12-8(11)9(13)14/h2-5H,1H3,(H2,11,12)(H,13,14). The molecule has 0 bridgehead atoms. The molecule has 0 spiro atoms. The lowest BCUT2D eigenvalue weighted by Crippen LogP contribution is -2.23. The second kappa shape index (κ2) is 4.92. The molecule has 0 aliphatic heterocycles. The minimum Gasteiger partial charge on any atom is -0.475 e. The fourth-order valence-electron chi connectivity index (χ4n) is 0.954. The number of aryl methyl sites for hydroxylation is 1. The molecule has 3 N–H and O–H groups in total. The zero-order valence-electron chi connectivity index (χ0n) is 8.51. The third-order valence-electron chi connectivity index (χ3n) is 1.70. The van der Waals surface area contributed by atoms with Crippen LogP contribution in [-0.2, 0) is 9.63 Å². The summed E-state index contributed by atoms with van der Waals surface area (Å²) in [6.07, 6.45) is 0. The number of oxime groups is 1. The van der Waals surface area contributed by atoms with Gasteiger partial charge in [0.2, 0.25) is 5.84 Å². The van der Waals surface area contributed by atoms with E-state index in [-0.39, 0.29) is 5.56 Å². The van der Waals surface area contributed by atoms with E-state index in [1.54, 1.807) is 12.1 Å². The average molecular weight is 222 g/mol. The summed E-state index contributed by atoms with van der Waals surface area (Å²) in [5.41, 5.74) is 6.10. The van der Waals surface area contributed by atoms with Gasteiger partial charge in [0.25, 0.3) is 0 Å². The molecule has 0 fully saturated rings. The van der Waals surface area contributed by atoms with E-state index in [0.717, 1.165) is 5.56 Å². The minimum absolute atomic E-state index is 0.280. The van der Waals surface area contributed by atoms with Crippen LogP contribution in [0.5, 0.6) is 0 Å². The quantitative estimate of drug-likeness (QED) is 0.328. The lowest BCUT2D eigenvalue weighted by Gasteiger charge is -1.99. The maximum atomic E-state index is 11.3. The summed E-state index contributed by atoms with van der Waals surface area (Å²) in [5.74, 6) is -2.98. The first-order chi connectivity index (χ1) is 7.50. The first-order valence-corrected chi connectivity index (χ1v) is 4.35. The highest BCUT2D eigenvalue weighted by Crippen LogP contribution is 2.05. The summed E-state index contributed by atoms with van der Waals surface area (Å²) >= 11 is 0. The van der Waals surface area contributed by atoms with Gasteiger partial charge in [-0.1, -0.05) is 17.7 Å². The van der Waals surface area contributed by atoms with E-state index >= 15 is 0 Å². The highest BCUT2D eigenvalue weighted by atomic mass is 16.7. The molecule has 16 heavy (non-hydrogen) atoms. The van der Waals surface area contributed by atoms with Gasteiger partial charge in [0.15, 0.2) is 0 Å². The molecule has 0 saturated carbocycles. The number of nitrogens with two attached hydrogens (primary N) is 1. The largest absolute Gasteiger partial charge is 0.475 e. The first kappa shape index (κ1) is 11.7. The van der Waals surface area contributed by atoms with Crippen LogP contribution >= 0.6 is 0 Å². The summed E-state index contributed by atoms with van der Waals surface area (Å²) < 4.78 is 0. The fourth-order valence-corrected chi connectivity index (χ4v) is 0.954. The molecule has 1 aromatic carbocycles. The number of carbonyl (C=O) groups excluding carboxylic acids is 1. The molecule has 0 aromatic heterocycles. The lowest BCUT2D eigenvalue weighted by molar-refractivity contribution is -0.129. The number of carboxylic acid groups (broad SMARTS) is 1. The summed E-state index contributed by atoms with van der Waals surface area (Å²) in [4.78, 5) is 26.0. The van der Waals surface area contributed by atoms with Crippen LogP contribution in [-0.4, -0.2) is 22.9 Å². The molecule has 6 nitrogen and oxygen atoms in total. The molecular weight excluding hydrogens is 212 g/mol. The Morgan fingerprint density at radius 2 is 2.12 bits per heavy atom. The topological polar surface area (TPSA) is 102 Å². The molecule has 1 rings (SSSR count). The van der Waals surface area contributed by atoms with E-state index in [9.17, 15) is 9.59 Å². The van der Waals surface area contributed by atoms with E-state index in [1.807, 2.05) is 13.0 Å². The second-order valence-electron chi connectivity index (χ2n) is 3.03. The second-order valence-corrected chi connectivity index (χ2v) is 3.03. The van der Waals surface area contributed by atoms with Crippen LogP contribution in [0.3, 0.4) is 0 Å². The van der Waals surface area contributed by atoms with Crippen molar-refractivity contribution in [2.45, 2.75) is 6.92 Å². The first-order valence-electron chi connectivity index (χ1n) is 4.35. The molecule has 0 unspecified atom stereocenters. The molecule has 0 amide bonds. The third kappa shape index (κ3) is 3.09. The monoisotopic (exact) mass is 222 g/mol. The van der Waals surface area contributed by atoms with E-state index in [2.05, 4.69) is 9.99 Å². The van der Waals surface area contributed by atoms with Crippen molar-refractivity contribution >= 4 is 17.8 Å². The Balaban J connectivity index is 2.74. The zero-order chi connectivity index (χ0) is 12.1. The maximum absolute atomic E-state index is 11.3. The Hall–Kier alpha value is -2.37. The van der Waals surface area contributed by atoms with Gasteiger partial charge in [-0.05, 0) is 24.2 Å². The predicted octanol–water partition coefficient (Wildman–Crippen LogP) is 0.509. The number of carboxylic acids is 1. The number of benzene rings is 1. The van der Waals surface area contributed by atoms with Crippen LogP contribution < -0.4 is 5.73 Å². The lowest BCUT2D eigenvalue weighted by atomic mass is 10.1. The fraction of sp³-hybridized carbons (Fsp3) is 0.100. The van der Waals surface area contributed by atoms with Crippen LogP contribution in [0.1, 0.15) is 15.9 Å². The number of hydrogen-bond donors (Lipinski definition) is 2. The zero-order valence-corrected chi connectivity index (χ0v) is 8.51. The van der Waals surface area contributed by atoms with Gasteiger partial charge in [-0.3, -0.25) is 0 Å². The van der Waals surface area contributed by atoms with Crippen LogP contribution in [0.4, 0.5) is 0 Å². The molecule has 0 saturated heterocycles. The number of hydrogen-bond acceptors (Lipinski definition) is 4. The highest BCUT2D eigenvalue weighted by molar-refractivity contribution is 6.33. The van der Waals surface area contributed by atoms with Gasteiger partial charge in [0, 0.05) is 0 Å². The molecule has 0 heterocycles. The van der Waals surface area contributed by atoms with E-state index in [1.165, 1.54) is 6.07 Å². The molecule has 0 radical (unpaired) electrons. The number of carbonyl (C=O) groups is 2. The number of amidine groups is 1. The summed E-state index contributed by atoms with van der Waals surface area (Å²) in [7, 11) is 0. The SMILES string of the molecule is Cc1cccc(C(=O)O/N=C(/N)C(=O)O)c1. The molecular formula is C10H10N2O4.